The molecule has 0 aliphatic heterocycles. The molecular formula is C18H27N3. The molecule has 114 valence electrons. The Hall–Kier alpha value is -1.51. The van der Waals surface area contributed by atoms with Crippen LogP contribution in [0.2, 0.25) is 0 Å². The van der Waals surface area contributed by atoms with Crippen LogP contribution in [0.4, 0.5) is 5.69 Å². The molecule has 0 radical (unpaired) electrons. The van der Waals surface area contributed by atoms with Crippen LogP contribution in [0.3, 0.4) is 0 Å². The zero-order valence-corrected chi connectivity index (χ0v) is 13.3. The van der Waals surface area contributed by atoms with Gasteiger partial charge in [-0.05, 0) is 37.0 Å². The summed E-state index contributed by atoms with van der Waals surface area (Å²) in [6, 6.07) is 6.11. The molecule has 2 aromatic rings. The number of fused-ring (bicyclic) bond motifs is 1. The van der Waals surface area contributed by atoms with Gasteiger partial charge >= 0.3 is 0 Å². The van der Waals surface area contributed by atoms with Crippen LogP contribution in [-0.2, 0) is 6.54 Å². The molecule has 1 aliphatic rings. The summed E-state index contributed by atoms with van der Waals surface area (Å²) >= 11 is 0. The van der Waals surface area contributed by atoms with Crippen LogP contribution in [0.5, 0.6) is 0 Å². The van der Waals surface area contributed by atoms with Crippen molar-refractivity contribution >= 4 is 16.7 Å². The van der Waals surface area contributed by atoms with Gasteiger partial charge in [0.05, 0.1) is 11.0 Å². The lowest BCUT2D eigenvalue weighted by atomic mass is 10.0. The van der Waals surface area contributed by atoms with Crippen molar-refractivity contribution < 1.29 is 0 Å². The minimum atomic E-state index is 0.449. The minimum Gasteiger partial charge on any atom is -0.399 e. The van der Waals surface area contributed by atoms with Crippen LogP contribution in [0.25, 0.3) is 11.0 Å². The number of imidazole rings is 1. The van der Waals surface area contributed by atoms with Crippen molar-refractivity contribution in [2.75, 3.05) is 5.73 Å². The maximum Gasteiger partial charge on any atom is 0.112 e. The number of hydrogen-bond acceptors (Lipinski definition) is 2. The molecule has 1 aromatic carbocycles. The van der Waals surface area contributed by atoms with Crippen molar-refractivity contribution in [1.29, 1.82) is 0 Å². The van der Waals surface area contributed by atoms with E-state index in [9.17, 15) is 0 Å². The van der Waals surface area contributed by atoms with E-state index in [1.54, 1.807) is 0 Å². The molecule has 1 aromatic heterocycles. The van der Waals surface area contributed by atoms with E-state index < -0.39 is 0 Å². The highest BCUT2D eigenvalue weighted by Gasteiger charge is 2.16. The van der Waals surface area contributed by atoms with Gasteiger partial charge in [0.1, 0.15) is 5.82 Å². The minimum absolute atomic E-state index is 0.449. The summed E-state index contributed by atoms with van der Waals surface area (Å²) in [6.45, 7) is 5.53. The van der Waals surface area contributed by atoms with E-state index in [-0.39, 0.29) is 0 Å². The number of aromatic nitrogens is 2. The highest BCUT2D eigenvalue weighted by Crippen LogP contribution is 2.30. The van der Waals surface area contributed by atoms with Gasteiger partial charge in [-0.3, -0.25) is 0 Å². The monoisotopic (exact) mass is 285 g/mol. The third kappa shape index (κ3) is 3.07. The molecule has 0 bridgehead atoms. The van der Waals surface area contributed by atoms with E-state index >= 15 is 0 Å². The summed E-state index contributed by atoms with van der Waals surface area (Å²) in [4.78, 5) is 4.81. The van der Waals surface area contributed by atoms with Crippen LogP contribution < -0.4 is 5.73 Å². The number of anilines is 1. The molecule has 3 heteroatoms. The molecule has 0 amide bonds. The van der Waals surface area contributed by atoms with E-state index in [1.807, 2.05) is 12.1 Å². The SMILES string of the molecule is CC(C)c1nc2cc(N)ccc2n1CCCC1CCCC1. The van der Waals surface area contributed by atoms with Crippen LogP contribution >= 0.6 is 0 Å². The lowest BCUT2D eigenvalue weighted by molar-refractivity contribution is 0.455. The molecule has 0 saturated heterocycles. The van der Waals surface area contributed by atoms with Crippen molar-refractivity contribution in [2.24, 2.45) is 5.92 Å². The van der Waals surface area contributed by atoms with Crippen LogP contribution in [0, 0.1) is 5.92 Å². The van der Waals surface area contributed by atoms with Gasteiger partial charge in [-0.25, -0.2) is 4.98 Å². The molecule has 3 nitrogen and oxygen atoms in total. The predicted molar refractivity (Wildman–Crippen MR) is 89.4 cm³/mol. The lowest BCUT2D eigenvalue weighted by Gasteiger charge is -2.13. The average Bonchev–Trinajstić information content (AvgIpc) is 3.06. The van der Waals surface area contributed by atoms with Gasteiger partial charge in [0.25, 0.3) is 0 Å². The third-order valence-corrected chi connectivity index (χ3v) is 4.79. The number of nitrogens with two attached hydrogens (primary N) is 1. The van der Waals surface area contributed by atoms with Gasteiger partial charge in [0.15, 0.2) is 0 Å². The fourth-order valence-corrected chi connectivity index (χ4v) is 3.68. The van der Waals surface area contributed by atoms with Crippen LogP contribution in [0.15, 0.2) is 18.2 Å². The van der Waals surface area contributed by atoms with Crippen molar-refractivity contribution in [2.45, 2.75) is 64.8 Å². The van der Waals surface area contributed by atoms with E-state index in [0.29, 0.717) is 5.92 Å². The number of aryl methyl sites for hydroxylation is 1. The first-order valence-corrected chi connectivity index (χ1v) is 8.41. The van der Waals surface area contributed by atoms with E-state index in [4.69, 9.17) is 10.7 Å². The van der Waals surface area contributed by atoms with E-state index in [2.05, 4.69) is 24.5 Å². The van der Waals surface area contributed by atoms with Gasteiger partial charge in [-0.1, -0.05) is 39.5 Å². The topological polar surface area (TPSA) is 43.8 Å². The molecule has 21 heavy (non-hydrogen) atoms. The Morgan fingerprint density at radius 3 is 2.76 bits per heavy atom. The smallest absolute Gasteiger partial charge is 0.112 e. The molecular weight excluding hydrogens is 258 g/mol. The summed E-state index contributed by atoms with van der Waals surface area (Å²) in [5, 5.41) is 0. The van der Waals surface area contributed by atoms with Gasteiger partial charge in [-0.15, -0.1) is 0 Å². The van der Waals surface area contributed by atoms with Crippen LogP contribution in [-0.4, -0.2) is 9.55 Å². The predicted octanol–water partition coefficient (Wildman–Crippen LogP) is 4.71. The zero-order valence-electron chi connectivity index (χ0n) is 13.3. The molecule has 2 N–H and O–H groups in total. The first-order valence-electron chi connectivity index (χ1n) is 8.41. The van der Waals surface area contributed by atoms with Crippen molar-refractivity contribution in [3.8, 4) is 0 Å². The summed E-state index contributed by atoms with van der Waals surface area (Å²) in [7, 11) is 0. The Balaban J connectivity index is 1.79. The second-order valence-corrected chi connectivity index (χ2v) is 6.82. The number of nitrogen functional groups attached to an aromatic ring is 1. The Morgan fingerprint density at radius 1 is 1.29 bits per heavy atom. The number of benzene rings is 1. The normalized spacial score (nSPS) is 16.3. The molecule has 1 heterocycles. The fraction of sp³-hybridized carbons (Fsp3) is 0.611. The summed E-state index contributed by atoms with van der Waals surface area (Å²) in [5.74, 6) is 2.62. The molecule has 1 aliphatic carbocycles. The summed E-state index contributed by atoms with van der Waals surface area (Å²) in [5.41, 5.74) is 8.97. The van der Waals surface area contributed by atoms with Gasteiger partial charge in [0.2, 0.25) is 0 Å². The van der Waals surface area contributed by atoms with Gasteiger partial charge in [-0.2, -0.15) is 0 Å². The fourth-order valence-electron chi connectivity index (χ4n) is 3.68. The maximum absolute atomic E-state index is 5.89. The second kappa shape index (κ2) is 6.08. The van der Waals surface area contributed by atoms with Gasteiger partial charge < -0.3 is 10.3 Å². The number of hydrogen-bond donors (Lipinski definition) is 1. The summed E-state index contributed by atoms with van der Waals surface area (Å²) in [6.07, 6.45) is 8.40. The molecule has 1 saturated carbocycles. The Morgan fingerprint density at radius 2 is 2.05 bits per heavy atom. The Bertz CT molecular complexity index is 606. The highest BCUT2D eigenvalue weighted by molar-refractivity contribution is 5.79. The number of nitrogens with zero attached hydrogens (tertiary/aromatic N) is 2. The van der Waals surface area contributed by atoms with Crippen molar-refractivity contribution in [3.63, 3.8) is 0 Å². The molecule has 0 atom stereocenters. The van der Waals surface area contributed by atoms with Crippen LogP contribution in [0.1, 0.15) is 64.1 Å². The van der Waals surface area contributed by atoms with Crippen molar-refractivity contribution in [3.05, 3.63) is 24.0 Å². The lowest BCUT2D eigenvalue weighted by Crippen LogP contribution is -2.07. The molecule has 0 unspecified atom stereocenters. The average molecular weight is 285 g/mol. The quantitative estimate of drug-likeness (QED) is 0.808. The van der Waals surface area contributed by atoms with Crippen molar-refractivity contribution in [1.82, 2.24) is 9.55 Å². The molecule has 1 fully saturated rings. The largest absolute Gasteiger partial charge is 0.399 e. The maximum atomic E-state index is 5.89. The standard InChI is InChI=1S/C18H27N3/c1-13(2)18-20-16-12-15(19)9-10-17(16)21(18)11-5-8-14-6-3-4-7-14/h9-10,12-14H,3-8,11,19H2,1-2H3. The number of rotatable bonds is 5. The van der Waals surface area contributed by atoms with Gasteiger partial charge in [0, 0.05) is 18.2 Å². The zero-order chi connectivity index (χ0) is 14.8. The molecule has 3 rings (SSSR count). The second-order valence-electron chi connectivity index (χ2n) is 6.82. The van der Waals surface area contributed by atoms with E-state index in [0.717, 1.165) is 23.7 Å². The first kappa shape index (κ1) is 14.4. The third-order valence-electron chi connectivity index (χ3n) is 4.79. The Labute approximate surface area is 127 Å². The Kier molecular flexibility index (Phi) is 4.18. The first-order chi connectivity index (χ1) is 10.1. The molecule has 0 spiro atoms. The summed E-state index contributed by atoms with van der Waals surface area (Å²) < 4.78 is 2.41. The highest BCUT2D eigenvalue weighted by atomic mass is 15.1. The van der Waals surface area contributed by atoms with E-state index in [1.165, 1.54) is 49.9 Å².